The molecule has 0 saturated carbocycles. The van der Waals surface area contributed by atoms with Gasteiger partial charge >= 0.3 is 0 Å². The molecule has 0 aliphatic heterocycles. The van der Waals surface area contributed by atoms with Crippen molar-refractivity contribution >= 4 is 5.96 Å². The molecule has 2 aromatic rings. The molecule has 3 N–H and O–H groups in total. The molecule has 1 atom stereocenters. The average molecular weight is 347 g/mol. The summed E-state index contributed by atoms with van der Waals surface area (Å²) < 4.78 is 26.1. The van der Waals surface area contributed by atoms with E-state index in [2.05, 4.69) is 15.6 Å². The average Bonchev–Trinajstić information content (AvgIpc) is 2.60. The fraction of sp³-hybridized carbons (Fsp3) is 0.316. The van der Waals surface area contributed by atoms with Crippen LogP contribution in [0.15, 0.2) is 53.5 Å². The Bertz CT molecular complexity index is 689. The summed E-state index contributed by atoms with van der Waals surface area (Å²) in [6.07, 6.45) is -0.151. The molecule has 0 spiro atoms. The Labute approximate surface area is 146 Å². The number of aliphatic hydroxyl groups is 1. The molecule has 0 aromatic heterocycles. The van der Waals surface area contributed by atoms with E-state index in [0.29, 0.717) is 31.0 Å². The minimum Gasteiger partial charge on any atom is -0.386 e. The predicted octanol–water partition coefficient (Wildman–Crippen LogP) is 2.80. The maximum atomic E-state index is 13.2. The summed E-state index contributed by atoms with van der Waals surface area (Å²) in [4.78, 5) is 4.34. The van der Waals surface area contributed by atoms with E-state index < -0.39 is 6.10 Å². The number of nitrogens with one attached hydrogen (secondary N) is 2. The number of rotatable bonds is 7. The molecule has 0 bridgehead atoms. The Kier molecular flexibility index (Phi) is 7.35. The normalized spacial score (nSPS) is 12.7. The highest BCUT2D eigenvalue weighted by atomic mass is 19.1. The fourth-order valence-electron chi connectivity index (χ4n) is 2.33. The van der Waals surface area contributed by atoms with Crippen molar-refractivity contribution in [2.75, 3.05) is 19.6 Å². The van der Waals surface area contributed by atoms with Crippen molar-refractivity contribution in [1.82, 2.24) is 10.6 Å². The van der Waals surface area contributed by atoms with Crippen molar-refractivity contribution in [3.05, 3.63) is 71.3 Å². The Morgan fingerprint density at radius 1 is 1.08 bits per heavy atom. The third kappa shape index (κ3) is 6.51. The molecule has 2 aromatic carbocycles. The van der Waals surface area contributed by atoms with Gasteiger partial charge in [-0.05, 0) is 48.7 Å². The summed E-state index contributed by atoms with van der Waals surface area (Å²) >= 11 is 0. The van der Waals surface area contributed by atoms with Crippen LogP contribution < -0.4 is 10.6 Å². The van der Waals surface area contributed by atoms with Gasteiger partial charge in [0.05, 0.1) is 12.6 Å². The molecular formula is C19H23F2N3O. The van der Waals surface area contributed by atoms with Gasteiger partial charge in [-0.1, -0.05) is 24.3 Å². The van der Waals surface area contributed by atoms with E-state index in [1.165, 1.54) is 24.3 Å². The minimum atomic E-state index is -0.806. The molecule has 0 heterocycles. The van der Waals surface area contributed by atoms with E-state index in [9.17, 15) is 13.9 Å². The quantitative estimate of drug-likeness (QED) is 0.533. The van der Waals surface area contributed by atoms with Crippen LogP contribution in [0.25, 0.3) is 0 Å². The molecule has 6 heteroatoms. The van der Waals surface area contributed by atoms with Crippen molar-refractivity contribution in [2.24, 2.45) is 4.99 Å². The summed E-state index contributed by atoms with van der Waals surface area (Å²) in [5.41, 5.74) is 1.51. The molecule has 1 unspecified atom stereocenters. The lowest BCUT2D eigenvalue weighted by atomic mass is 10.1. The zero-order chi connectivity index (χ0) is 18.1. The van der Waals surface area contributed by atoms with Gasteiger partial charge in [0.15, 0.2) is 5.96 Å². The van der Waals surface area contributed by atoms with Gasteiger partial charge in [0.25, 0.3) is 0 Å². The van der Waals surface area contributed by atoms with Gasteiger partial charge in [-0.2, -0.15) is 0 Å². The third-order valence-corrected chi connectivity index (χ3v) is 3.62. The van der Waals surface area contributed by atoms with Gasteiger partial charge in [-0.25, -0.2) is 8.78 Å². The number of hydrogen-bond acceptors (Lipinski definition) is 2. The van der Waals surface area contributed by atoms with Crippen LogP contribution in [-0.4, -0.2) is 30.7 Å². The van der Waals surface area contributed by atoms with Crippen LogP contribution in [0.3, 0.4) is 0 Å². The van der Waals surface area contributed by atoms with Crippen LogP contribution in [0.1, 0.15) is 24.2 Å². The summed E-state index contributed by atoms with van der Waals surface area (Å²) in [5, 5.41) is 16.4. The van der Waals surface area contributed by atoms with Gasteiger partial charge in [-0.15, -0.1) is 0 Å². The minimum absolute atomic E-state index is 0.154. The van der Waals surface area contributed by atoms with Gasteiger partial charge in [-0.3, -0.25) is 4.99 Å². The fourth-order valence-corrected chi connectivity index (χ4v) is 2.33. The molecule has 2 rings (SSSR count). The summed E-state index contributed by atoms with van der Waals surface area (Å²) in [6, 6.07) is 12.2. The van der Waals surface area contributed by atoms with Gasteiger partial charge in [0.1, 0.15) is 11.6 Å². The number of halogens is 2. The molecule has 0 fully saturated rings. The zero-order valence-corrected chi connectivity index (χ0v) is 14.2. The zero-order valence-electron chi connectivity index (χ0n) is 14.2. The van der Waals surface area contributed by atoms with E-state index in [1.807, 2.05) is 13.0 Å². The second kappa shape index (κ2) is 9.74. The lowest BCUT2D eigenvalue weighted by Crippen LogP contribution is -2.38. The monoisotopic (exact) mass is 347 g/mol. The lowest BCUT2D eigenvalue weighted by molar-refractivity contribution is 0.187. The maximum Gasteiger partial charge on any atom is 0.191 e. The number of benzene rings is 2. The van der Waals surface area contributed by atoms with E-state index in [1.54, 1.807) is 18.2 Å². The first kappa shape index (κ1) is 18.9. The third-order valence-electron chi connectivity index (χ3n) is 3.62. The lowest BCUT2D eigenvalue weighted by Gasteiger charge is -2.13. The second-order valence-corrected chi connectivity index (χ2v) is 5.59. The topological polar surface area (TPSA) is 56.7 Å². The highest BCUT2D eigenvalue weighted by Gasteiger charge is 2.07. The van der Waals surface area contributed by atoms with Crippen LogP contribution in [0.2, 0.25) is 0 Å². The van der Waals surface area contributed by atoms with Crippen molar-refractivity contribution in [3.8, 4) is 0 Å². The Hall–Kier alpha value is -2.47. The van der Waals surface area contributed by atoms with Crippen molar-refractivity contribution in [3.63, 3.8) is 0 Å². The van der Waals surface area contributed by atoms with Crippen molar-refractivity contribution in [1.29, 1.82) is 0 Å². The smallest absolute Gasteiger partial charge is 0.191 e. The Morgan fingerprint density at radius 2 is 1.84 bits per heavy atom. The standard InChI is InChI=1S/C19H23F2N3O/c1-2-22-19(23-11-10-14-4-3-5-17(21)12-14)24-13-18(25)15-6-8-16(20)9-7-15/h3-9,12,18,25H,2,10-11,13H2,1H3,(H2,22,23,24). The maximum absolute atomic E-state index is 13.2. The summed E-state index contributed by atoms with van der Waals surface area (Å²) in [6.45, 7) is 3.36. The predicted molar refractivity (Wildman–Crippen MR) is 95.4 cm³/mol. The molecule has 0 aliphatic carbocycles. The molecule has 0 amide bonds. The molecule has 134 valence electrons. The molecule has 4 nitrogen and oxygen atoms in total. The number of aliphatic hydroxyl groups excluding tert-OH is 1. The molecule has 0 aliphatic rings. The highest BCUT2D eigenvalue weighted by Crippen LogP contribution is 2.13. The van der Waals surface area contributed by atoms with Crippen LogP contribution in [0.5, 0.6) is 0 Å². The van der Waals surface area contributed by atoms with E-state index in [-0.39, 0.29) is 18.2 Å². The number of hydrogen-bond donors (Lipinski definition) is 3. The van der Waals surface area contributed by atoms with Crippen molar-refractivity contribution < 1.29 is 13.9 Å². The first-order chi connectivity index (χ1) is 12.1. The second-order valence-electron chi connectivity index (χ2n) is 5.59. The van der Waals surface area contributed by atoms with Gasteiger partial charge in [0.2, 0.25) is 0 Å². The van der Waals surface area contributed by atoms with Gasteiger partial charge < -0.3 is 15.7 Å². The van der Waals surface area contributed by atoms with E-state index >= 15 is 0 Å². The van der Waals surface area contributed by atoms with Crippen LogP contribution >= 0.6 is 0 Å². The number of aliphatic imine (C=N–C) groups is 1. The molecule has 0 saturated heterocycles. The summed E-state index contributed by atoms with van der Waals surface area (Å²) in [7, 11) is 0. The number of nitrogens with zero attached hydrogens (tertiary/aromatic N) is 1. The molecular weight excluding hydrogens is 324 g/mol. The first-order valence-electron chi connectivity index (χ1n) is 8.28. The van der Waals surface area contributed by atoms with Crippen molar-refractivity contribution in [2.45, 2.75) is 19.4 Å². The highest BCUT2D eigenvalue weighted by molar-refractivity contribution is 5.79. The van der Waals surface area contributed by atoms with Gasteiger partial charge in [0, 0.05) is 13.1 Å². The first-order valence-corrected chi connectivity index (χ1v) is 8.28. The van der Waals surface area contributed by atoms with Crippen LogP contribution in [0.4, 0.5) is 8.78 Å². The Balaban J connectivity index is 1.87. The van der Waals surface area contributed by atoms with Crippen LogP contribution in [0, 0.1) is 11.6 Å². The SMILES string of the molecule is CCNC(=NCC(O)c1ccc(F)cc1)NCCc1cccc(F)c1. The van der Waals surface area contributed by atoms with E-state index in [4.69, 9.17) is 0 Å². The largest absolute Gasteiger partial charge is 0.386 e. The number of guanidine groups is 1. The van der Waals surface area contributed by atoms with Crippen LogP contribution in [-0.2, 0) is 6.42 Å². The summed E-state index contributed by atoms with van der Waals surface area (Å²) in [5.74, 6) is -0.0210. The molecule has 0 radical (unpaired) electrons. The Morgan fingerprint density at radius 3 is 2.52 bits per heavy atom. The molecule has 25 heavy (non-hydrogen) atoms. The van der Waals surface area contributed by atoms with E-state index in [0.717, 1.165) is 5.56 Å².